The van der Waals surface area contributed by atoms with Crippen molar-refractivity contribution in [2.24, 2.45) is 11.7 Å². The van der Waals surface area contributed by atoms with Gasteiger partial charge in [0.2, 0.25) is 15.9 Å². The number of amides is 3. The Bertz CT molecular complexity index is 1450. The number of nitrogens with two attached hydrogens (primary N) is 1. The molecule has 0 radical (unpaired) electrons. The number of nitrogens with one attached hydrogen (secondary N) is 2. The Morgan fingerprint density at radius 3 is 1.98 bits per heavy atom. The van der Waals surface area contributed by atoms with Crippen LogP contribution in [0.2, 0.25) is 0 Å². The number of halogens is 2. The van der Waals surface area contributed by atoms with Crippen LogP contribution < -0.4 is 15.9 Å². The summed E-state index contributed by atoms with van der Waals surface area (Å²) in [4.78, 5) is 43.4. The third-order valence-corrected chi connectivity index (χ3v) is 8.81. The molecule has 2 atom stereocenters. The Balaban J connectivity index is 2.50. The average Bonchev–Trinajstić information content (AvgIpc) is 2.97. The SMILES string of the molecule is CCCCN(CC(O)C(Cc1cc(F)cc(F)c1)NC(=O)c1cc(C(N)=O)cc(C(=O)N(CCC)CCC)c1)NS(=O)(=O)CC(C)C. The standard InChI is InChI=1S/C33H49F2N5O6S/c1-6-9-12-40(38-47(45,46)21-22(4)5)20-30(41)29(15-23-13-27(34)19-28(35)14-23)37-32(43)25-16-24(31(36)42)17-26(18-25)33(44)39(10-7-2)11-8-3/h13-14,16-19,22,29-30,38,41H,6-12,15,20-21H2,1-5H3,(H2,36,42)(H,37,43). The Labute approximate surface area is 276 Å². The van der Waals surface area contributed by atoms with E-state index in [0.29, 0.717) is 38.4 Å². The van der Waals surface area contributed by atoms with Crippen molar-refractivity contribution in [3.8, 4) is 0 Å². The van der Waals surface area contributed by atoms with Crippen LogP contribution in [0.25, 0.3) is 0 Å². The first-order valence-electron chi connectivity index (χ1n) is 16.0. The minimum atomic E-state index is -3.76. The molecule has 0 aliphatic heterocycles. The zero-order valence-electron chi connectivity index (χ0n) is 27.9. The molecule has 0 spiro atoms. The highest BCUT2D eigenvalue weighted by atomic mass is 32.2. The lowest BCUT2D eigenvalue weighted by atomic mass is 9.99. The first kappa shape index (κ1) is 39.7. The first-order valence-corrected chi connectivity index (χ1v) is 17.7. The summed E-state index contributed by atoms with van der Waals surface area (Å²) in [5, 5.41) is 15.4. The van der Waals surface area contributed by atoms with Crippen LogP contribution in [0.15, 0.2) is 36.4 Å². The lowest BCUT2D eigenvalue weighted by Crippen LogP contribution is -2.54. The molecule has 2 aromatic rings. The molecule has 2 unspecified atom stereocenters. The molecule has 14 heteroatoms. The maximum atomic E-state index is 14.1. The van der Waals surface area contributed by atoms with Gasteiger partial charge in [-0.2, -0.15) is 0 Å². The zero-order chi connectivity index (χ0) is 35.3. The van der Waals surface area contributed by atoms with Crippen LogP contribution in [-0.4, -0.2) is 85.2 Å². The largest absolute Gasteiger partial charge is 0.390 e. The maximum absolute atomic E-state index is 14.1. The molecule has 0 saturated carbocycles. The Morgan fingerprint density at radius 1 is 0.872 bits per heavy atom. The normalized spacial score (nSPS) is 13.1. The summed E-state index contributed by atoms with van der Waals surface area (Å²) in [6.07, 6.45) is 1.03. The smallest absolute Gasteiger partial charge is 0.253 e. The molecular weight excluding hydrogens is 632 g/mol. The third-order valence-electron chi connectivity index (χ3n) is 7.17. The molecule has 0 aliphatic carbocycles. The van der Waals surface area contributed by atoms with Gasteiger partial charge in [0.05, 0.1) is 17.9 Å². The van der Waals surface area contributed by atoms with Gasteiger partial charge in [0, 0.05) is 48.9 Å². The number of hydrazine groups is 1. The zero-order valence-corrected chi connectivity index (χ0v) is 28.7. The molecule has 0 aliphatic rings. The van der Waals surface area contributed by atoms with E-state index < -0.39 is 51.5 Å². The third kappa shape index (κ3) is 13.3. The van der Waals surface area contributed by atoms with Crippen molar-refractivity contribution in [1.29, 1.82) is 0 Å². The second-order valence-corrected chi connectivity index (χ2v) is 13.9. The van der Waals surface area contributed by atoms with E-state index in [1.165, 1.54) is 23.2 Å². The van der Waals surface area contributed by atoms with Gasteiger partial charge in [-0.1, -0.05) is 41.0 Å². The van der Waals surface area contributed by atoms with Crippen LogP contribution in [-0.2, 0) is 16.4 Å². The fourth-order valence-electron chi connectivity index (χ4n) is 5.13. The van der Waals surface area contributed by atoms with Crippen LogP contribution in [0.1, 0.15) is 96.9 Å². The van der Waals surface area contributed by atoms with Crippen LogP contribution in [0.3, 0.4) is 0 Å². The van der Waals surface area contributed by atoms with E-state index in [4.69, 9.17) is 5.73 Å². The van der Waals surface area contributed by atoms with E-state index in [1.54, 1.807) is 18.7 Å². The number of carbonyl (C=O) groups excluding carboxylic acids is 3. The van der Waals surface area contributed by atoms with Crippen molar-refractivity contribution in [3.05, 3.63) is 70.3 Å². The summed E-state index contributed by atoms with van der Waals surface area (Å²) < 4.78 is 53.7. The number of benzene rings is 2. The monoisotopic (exact) mass is 681 g/mol. The summed E-state index contributed by atoms with van der Waals surface area (Å²) in [5.41, 5.74) is 5.56. The topological polar surface area (TPSA) is 162 Å². The van der Waals surface area contributed by atoms with E-state index in [2.05, 4.69) is 10.1 Å². The number of aliphatic hydroxyl groups is 1. The molecule has 3 amide bonds. The molecule has 2 aromatic carbocycles. The molecule has 5 N–H and O–H groups in total. The predicted octanol–water partition coefficient (Wildman–Crippen LogP) is 3.62. The number of hydrogen-bond acceptors (Lipinski definition) is 7. The van der Waals surface area contributed by atoms with Gasteiger partial charge < -0.3 is 21.1 Å². The number of aliphatic hydroxyl groups excluding tert-OH is 1. The molecule has 0 saturated heterocycles. The van der Waals surface area contributed by atoms with Gasteiger partial charge >= 0.3 is 0 Å². The number of hydrogen-bond donors (Lipinski definition) is 4. The fourth-order valence-corrected chi connectivity index (χ4v) is 6.64. The van der Waals surface area contributed by atoms with Crippen molar-refractivity contribution < 1.29 is 36.7 Å². The number of primary amides is 1. The summed E-state index contributed by atoms with van der Waals surface area (Å²) in [7, 11) is -3.76. The van der Waals surface area contributed by atoms with Crippen LogP contribution in [0.5, 0.6) is 0 Å². The van der Waals surface area contributed by atoms with Gasteiger partial charge in [-0.05, 0) is 67.5 Å². The number of carbonyl (C=O) groups is 3. The van der Waals surface area contributed by atoms with Crippen molar-refractivity contribution in [2.75, 3.05) is 31.9 Å². The summed E-state index contributed by atoms with van der Waals surface area (Å²) in [5.74, 6) is -4.07. The van der Waals surface area contributed by atoms with E-state index in [1.807, 2.05) is 20.8 Å². The molecule has 47 heavy (non-hydrogen) atoms. The Morgan fingerprint density at radius 2 is 1.45 bits per heavy atom. The summed E-state index contributed by atoms with van der Waals surface area (Å²) >= 11 is 0. The molecule has 0 aromatic heterocycles. The first-order chi connectivity index (χ1) is 22.1. The molecule has 11 nitrogen and oxygen atoms in total. The summed E-state index contributed by atoms with van der Waals surface area (Å²) in [6, 6.07) is 5.49. The number of unbranched alkanes of at least 4 members (excludes halogenated alkanes) is 1. The van der Waals surface area contributed by atoms with E-state index >= 15 is 0 Å². The van der Waals surface area contributed by atoms with Gasteiger partial charge in [-0.15, -0.1) is 4.83 Å². The predicted molar refractivity (Wildman–Crippen MR) is 177 cm³/mol. The molecule has 2 rings (SSSR count). The number of sulfonamides is 1. The highest BCUT2D eigenvalue weighted by Crippen LogP contribution is 2.17. The number of nitrogens with zero attached hydrogens (tertiary/aromatic N) is 2. The van der Waals surface area contributed by atoms with Crippen LogP contribution in [0, 0.1) is 17.6 Å². The molecule has 0 heterocycles. The minimum absolute atomic E-state index is 0.0722. The van der Waals surface area contributed by atoms with Gasteiger partial charge in [0.15, 0.2) is 0 Å². The molecular formula is C33H49F2N5O6S. The highest BCUT2D eigenvalue weighted by molar-refractivity contribution is 7.89. The van der Waals surface area contributed by atoms with E-state index in [-0.39, 0.29) is 53.4 Å². The lowest BCUT2D eigenvalue weighted by molar-refractivity contribution is 0.0614. The Hall–Kier alpha value is -3.46. The van der Waals surface area contributed by atoms with Crippen LogP contribution in [0.4, 0.5) is 8.78 Å². The van der Waals surface area contributed by atoms with Gasteiger partial charge in [-0.25, -0.2) is 22.2 Å². The van der Waals surface area contributed by atoms with E-state index in [9.17, 15) is 36.7 Å². The van der Waals surface area contributed by atoms with Gasteiger partial charge in [-0.3, -0.25) is 14.4 Å². The molecule has 0 fully saturated rings. The quantitative estimate of drug-likeness (QED) is 0.155. The molecule has 262 valence electrons. The van der Waals surface area contributed by atoms with Gasteiger partial charge in [0.25, 0.3) is 11.8 Å². The lowest BCUT2D eigenvalue weighted by Gasteiger charge is -2.30. The fraction of sp³-hybridized carbons (Fsp3) is 0.545. The highest BCUT2D eigenvalue weighted by Gasteiger charge is 2.28. The van der Waals surface area contributed by atoms with Crippen molar-refractivity contribution in [2.45, 2.75) is 78.9 Å². The van der Waals surface area contributed by atoms with Gasteiger partial charge in [0.1, 0.15) is 11.6 Å². The van der Waals surface area contributed by atoms with E-state index in [0.717, 1.165) is 18.6 Å². The van der Waals surface area contributed by atoms with Crippen molar-refractivity contribution in [1.82, 2.24) is 20.1 Å². The van der Waals surface area contributed by atoms with Crippen LogP contribution >= 0.6 is 0 Å². The summed E-state index contributed by atoms with van der Waals surface area (Å²) in [6.45, 7) is 10.2. The maximum Gasteiger partial charge on any atom is 0.253 e. The second kappa shape index (κ2) is 18.8. The van der Waals surface area contributed by atoms with Crippen molar-refractivity contribution in [3.63, 3.8) is 0 Å². The minimum Gasteiger partial charge on any atom is -0.390 e. The van der Waals surface area contributed by atoms with Crippen molar-refractivity contribution >= 4 is 27.7 Å². The molecule has 0 bridgehead atoms. The second-order valence-electron chi connectivity index (χ2n) is 12.2. The average molecular weight is 682 g/mol. The Kier molecular flexibility index (Phi) is 15.9. The number of rotatable bonds is 20.